The van der Waals surface area contributed by atoms with Crippen LogP contribution in [0, 0.1) is 6.92 Å². The Bertz CT molecular complexity index is 520. The first kappa shape index (κ1) is 12.4. The number of furan rings is 1. The molecule has 1 unspecified atom stereocenters. The largest absolute Gasteiger partial charge is 0.467 e. The van der Waals surface area contributed by atoms with Crippen LogP contribution in [0.15, 0.2) is 47.1 Å². The molecule has 18 heavy (non-hydrogen) atoms. The van der Waals surface area contributed by atoms with Gasteiger partial charge in [-0.2, -0.15) is 0 Å². The molecule has 0 aliphatic rings. The van der Waals surface area contributed by atoms with E-state index in [0.717, 1.165) is 5.56 Å². The Morgan fingerprint density at radius 1 is 1.33 bits per heavy atom. The van der Waals surface area contributed by atoms with Gasteiger partial charge in [-0.25, -0.2) is 0 Å². The van der Waals surface area contributed by atoms with Crippen LogP contribution in [0.4, 0.5) is 0 Å². The molecule has 0 fully saturated rings. The van der Waals surface area contributed by atoms with Gasteiger partial charge in [0.25, 0.3) is 5.91 Å². The number of hydrogen-bond donors (Lipinski definition) is 2. The molecule has 1 amide bonds. The number of benzene rings is 1. The van der Waals surface area contributed by atoms with Gasteiger partial charge in [0, 0.05) is 5.56 Å². The lowest BCUT2D eigenvalue weighted by molar-refractivity contribution is 0.0900. The molecule has 1 aromatic heterocycles. The van der Waals surface area contributed by atoms with Crippen LogP contribution in [-0.2, 0) is 0 Å². The van der Waals surface area contributed by atoms with E-state index in [4.69, 9.17) is 4.42 Å². The molecule has 0 saturated carbocycles. The predicted molar refractivity (Wildman–Crippen MR) is 67.2 cm³/mol. The summed E-state index contributed by atoms with van der Waals surface area (Å²) in [4.78, 5) is 11.9. The van der Waals surface area contributed by atoms with E-state index >= 15 is 0 Å². The maximum absolute atomic E-state index is 11.9. The van der Waals surface area contributed by atoms with Crippen LogP contribution in [0.25, 0.3) is 0 Å². The van der Waals surface area contributed by atoms with Crippen molar-refractivity contribution in [3.63, 3.8) is 0 Å². The van der Waals surface area contributed by atoms with Crippen LogP contribution in [0.2, 0.25) is 0 Å². The van der Waals surface area contributed by atoms with E-state index in [1.54, 1.807) is 18.2 Å². The van der Waals surface area contributed by atoms with Gasteiger partial charge in [-0.15, -0.1) is 0 Å². The number of amides is 1. The predicted octanol–water partition coefficient (Wildman–Crippen LogP) is 2.05. The second-order valence-corrected chi connectivity index (χ2v) is 4.06. The average molecular weight is 245 g/mol. The van der Waals surface area contributed by atoms with E-state index in [1.807, 2.05) is 25.1 Å². The highest BCUT2D eigenvalue weighted by atomic mass is 16.4. The minimum Gasteiger partial charge on any atom is -0.467 e. The standard InChI is InChI=1S/C14H15NO3/c1-10-5-2-3-6-11(10)14(17)15-9-12(16)13-7-4-8-18-13/h2-8,12,16H,9H2,1H3,(H,15,17). The maximum atomic E-state index is 11.9. The third-order valence-electron chi connectivity index (χ3n) is 2.72. The molecule has 0 saturated heterocycles. The molecule has 2 rings (SSSR count). The molecule has 0 radical (unpaired) electrons. The highest BCUT2D eigenvalue weighted by Gasteiger charge is 2.13. The van der Waals surface area contributed by atoms with Gasteiger partial charge in [-0.05, 0) is 30.7 Å². The van der Waals surface area contributed by atoms with E-state index in [2.05, 4.69) is 5.32 Å². The number of carbonyl (C=O) groups excluding carboxylic acids is 1. The molecular formula is C14H15NO3. The van der Waals surface area contributed by atoms with Crippen LogP contribution in [0.3, 0.4) is 0 Å². The second-order valence-electron chi connectivity index (χ2n) is 4.06. The lowest BCUT2D eigenvalue weighted by Gasteiger charge is -2.10. The Labute approximate surface area is 105 Å². The highest BCUT2D eigenvalue weighted by molar-refractivity contribution is 5.95. The molecule has 1 heterocycles. The number of rotatable bonds is 4. The van der Waals surface area contributed by atoms with Crippen LogP contribution < -0.4 is 5.32 Å². The molecule has 94 valence electrons. The summed E-state index contributed by atoms with van der Waals surface area (Å²) in [5.74, 6) is 0.249. The minimum absolute atomic E-state index is 0.126. The monoisotopic (exact) mass is 245 g/mol. The molecule has 4 nitrogen and oxygen atoms in total. The van der Waals surface area contributed by atoms with Gasteiger partial charge in [0.2, 0.25) is 0 Å². The summed E-state index contributed by atoms with van der Waals surface area (Å²) in [5, 5.41) is 12.4. The zero-order valence-corrected chi connectivity index (χ0v) is 10.1. The smallest absolute Gasteiger partial charge is 0.251 e. The van der Waals surface area contributed by atoms with Gasteiger partial charge in [-0.1, -0.05) is 18.2 Å². The number of aliphatic hydroxyl groups excluding tert-OH is 1. The third kappa shape index (κ3) is 2.78. The molecule has 0 aliphatic carbocycles. The molecule has 4 heteroatoms. The molecule has 2 N–H and O–H groups in total. The van der Waals surface area contributed by atoms with Crippen molar-refractivity contribution < 1.29 is 14.3 Å². The van der Waals surface area contributed by atoms with Gasteiger partial charge >= 0.3 is 0 Å². The quantitative estimate of drug-likeness (QED) is 0.866. The van der Waals surface area contributed by atoms with Crippen LogP contribution >= 0.6 is 0 Å². The number of aliphatic hydroxyl groups is 1. The lowest BCUT2D eigenvalue weighted by atomic mass is 10.1. The molecule has 0 aliphatic heterocycles. The zero-order chi connectivity index (χ0) is 13.0. The minimum atomic E-state index is -0.826. The topological polar surface area (TPSA) is 62.5 Å². The summed E-state index contributed by atoms with van der Waals surface area (Å²) in [6.07, 6.45) is 0.662. The summed E-state index contributed by atoms with van der Waals surface area (Å²) in [6.45, 7) is 2.00. The summed E-state index contributed by atoms with van der Waals surface area (Å²) in [6, 6.07) is 10.7. The lowest BCUT2D eigenvalue weighted by Crippen LogP contribution is -2.28. The zero-order valence-electron chi connectivity index (χ0n) is 10.1. The molecular weight excluding hydrogens is 230 g/mol. The number of aryl methyl sites for hydroxylation is 1. The average Bonchev–Trinajstić information content (AvgIpc) is 2.90. The fraction of sp³-hybridized carbons (Fsp3) is 0.214. The molecule has 0 spiro atoms. The van der Waals surface area contributed by atoms with E-state index in [-0.39, 0.29) is 12.5 Å². The molecule has 1 aromatic carbocycles. The first-order valence-electron chi connectivity index (χ1n) is 5.74. The van der Waals surface area contributed by atoms with E-state index in [0.29, 0.717) is 11.3 Å². The van der Waals surface area contributed by atoms with Gasteiger partial charge < -0.3 is 14.8 Å². The fourth-order valence-corrected chi connectivity index (χ4v) is 1.69. The van der Waals surface area contributed by atoms with E-state index < -0.39 is 6.10 Å². The molecule has 2 aromatic rings. The summed E-state index contributed by atoms with van der Waals surface area (Å²) < 4.78 is 5.06. The van der Waals surface area contributed by atoms with E-state index in [1.165, 1.54) is 6.26 Å². The Kier molecular flexibility index (Phi) is 3.79. The molecule has 1 atom stereocenters. The Morgan fingerprint density at radius 2 is 2.11 bits per heavy atom. The van der Waals surface area contributed by atoms with Crippen molar-refractivity contribution in [1.29, 1.82) is 0 Å². The Morgan fingerprint density at radius 3 is 2.78 bits per heavy atom. The Balaban J connectivity index is 1.95. The van der Waals surface area contributed by atoms with Crippen molar-refractivity contribution in [1.82, 2.24) is 5.32 Å². The SMILES string of the molecule is Cc1ccccc1C(=O)NCC(O)c1ccco1. The Hall–Kier alpha value is -2.07. The van der Waals surface area contributed by atoms with Crippen molar-refractivity contribution in [2.45, 2.75) is 13.0 Å². The van der Waals surface area contributed by atoms with Gasteiger partial charge in [0.15, 0.2) is 0 Å². The highest BCUT2D eigenvalue weighted by Crippen LogP contribution is 2.12. The van der Waals surface area contributed by atoms with Crippen molar-refractivity contribution in [2.75, 3.05) is 6.54 Å². The first-order chi connectivity index (χ1) is 8.68. The van der Waals surface area contributed by atoms with Crippen molar-refractivity contribution in [3.05, 3.63) is 59.5 Å². The molecule has 0 bridgehead atoms. The third-order valence-corrected chi connectivity index (χ3v) is 2.72. The van der Waals surface area contributed by atoms with Gasteiger partial charge in [0.05, 0.1) is 12.8 Å². The number of carbonyl (C=O) groups is 1. The van der Waals surface area contributed by atoms with Crippen molar-refractivity contribution >= 4 is 5.91 Å². The first-order valence-corrected chi connectivity index (χ1v) is 5.74. The van der Waals surface area contributed by atoms with Gasteiger partial charge in [-0.3, -0.25) is 4.79 Å². The summed E-state index contributed by atoms with van der Waals surface area (Å²) in [7, 11) is 0. The van der Waals surface area contributed by atoms with Gasteiger partial charge in [0.1, 0.15) is 11.9 Å². The van der Waals surface area contributed by atoms with Crippen molar-refractivity contribution in [3.8, 4) is 0 Å². The summed E-state index contributed by atoms with van der Waals surface area (Å²) in [5.41, 5.74) is 1.52. The fourth-order valence-electron chi connectivity index (χ4n) is 1.69. The summed E-state index contributed by atoms with van der Waals surface area (Å²) >= 11 is 0. The number of nitrogens with one attached hydrogen (secondary N) is 1. The maximum Gasteiger partial charge on any atom is 0.251 e. The normalized spacial score (nSPS) is 12.1. The second kappa shape index (κ2) is 5.51. The van der Waals surface area contributed by atoms with Crippen LogP contribution in [0.5, 0.6) is 0 Å². The van der Waals surface area contributed by atoms with Crippen LogP contribution in [-0.4, -0.2) is 17.6 Å². The van der Waals surface area contributed by atoms with Crippen LogP contribution in [0.1, 0.15) is 27.8 Å². The number of hydrogen-bond acceptors (Lipinski definition) is 3. The van der Waals surface area contributed by atoms with E-state index in [9.17, 15) is 9.90 Å². The van der Waals surface area contributed by atoms with Crippen molar-refractivity contribution in [2.24, 2.45) is 0 Å².